The van der Waals surface area contributed by atoms with Crippen molar-refractivity contribution in [3.05, 3.63) is 22.6 Å². The van der Waals surface area contributed by atoms with Gasteiger partial charge in [0.15, 0.2) is 5.65 Å². The standard InChI is InChI=1S/C24H39BrN6O3Si/c1-24(2,3)20(23(33)30-9-7-16(26)8-10-30)29-22(32)17-14-31(15-34-11-12-35(4,5)6)21-19(17)28-18(25)13-27-21/h13-14,16,20H,7-12,15,26H2,1-6H3,(H,29,32)/t20-/m0/s1. The van der Waals surface area contributed by atoms with Crippen LogP contribution in [0.4, 0.5) is 0 Å². The highest BCUT2D eigenvalue weighted by atomic mass is 79.9. The van der Waals surface area contributed by atoms with Gasteiger partial charge in [-0.3, -0.25) is 9.59 Å². The Morgan fingerprint density at radius 2 is 1.94 bits per heavy atom. The molecule has 2 aromatic heterocycles. The molecule has 1 aliphatic heterocycles. The first kappa shape index (κ1) is 27.8. The van der Waals surface area contributed by atoms with Gasteiger partial charge >= 0.3 is 0 Å². The number of ether oxygens (including phenoxy) is 1. The first-order chi connectivity index (χ1) is 16.3. The fourth-order valence-corrected chi connectivity index (χ4v) is 5.03. The van der Waals surface area contributed by atoms with Crippen LogP contribution in [0.3, 0.4) is 0 Å². The van der Waals surface area contributed by atoms with E-state index in [1.54, 1.807) is 17.0 Å². The smallest absolute Gasteiger partial charge is 0.255 e. The number of aromatic nitrogens is 3. The van der Waals surface area contributed by atoms with Gasteiger partial charge in [-0.1, -0.05) is 40.4 Å². The third kappa shape index (κ3) is 7.34. The molecule has 2 amide bonds. The maximum atomic E-state index is 13.5. The van der Waals surface area contributed by atoms with Crippen LogP contribution in [0.2, 0.25) is 25.7 Å². The number of halogens is 1. The molecular formula is C24H39BrN6O3Si. The summed E-state index contributed by atoms with van der Waals surface area (Å²) in [6.45, 7) is 14.9. The molecule has 194 valence electrons. The number of hydrogen-bond acceptors (Lipinski definition) is 6. The molecule has 0 saturated carbocycles. The van der Waals surface area contributed by atoms with E-state index in [2.05, 4.69) is 50.9 Å². The second-order valence-corrected chi connectivity index (χ2v) is 18.1. The summed E-state index contributed by atoms with van der Waals surface area (Å²) in [6, 6.07) is 0.488. The molecular weight excluding hydrogens is 528 g/mol. The number of nitrogens with one attached hydrogen (secondary N) is 1. The van der Waals surface area contributed by atoms with Crippen LogP contribution in [0.25, 0.3) is 11.2 Å². The molecule has 3 rings (SSSR count). The molecule has 0 radical (unpaired) electrons. The maximum absolute atomic E-state index is 13.5. The Morgan fingerprint density at radius 1 is 1.29 bits per heavy atom. The van der Waals surface area contributed by atoms with Crippen LogP contribution in [-0.2, 0) is 16.3 Å². The Balaban J connectivity index is 1.82. The SMILES string of the molecule is CC(C)(C)[C@@H](NC(=O)c1cn(COCC[Si](C)(C)C)c2ncc(Br)nc12)C(=O)N1CCC(N)CC1. The highest BCUT2D eigenvalue weighted by molar-refractivity contribution is 9.10. The minimum atomic E-state index is -1.21. The molecule has 35 heavy (non-hydrogen) atoms. The Morgan fingerprint density at radius 3 is 2.54 bits per heavy atom. The average molecular weight is 568 g/mol. The van der Waals surface area contributed by atoms with Crippen LogP contribution in [0.1, 0.15) is 44.0 Å². The van der Waals surface area contributed by atoms with Gasteiger partial charge in [0.05, 0.1) is 11.8 Å². The lowest BCUT2D eigenvalue weighted by molar-refractivity contribution is -0.136. The summed E-state index contributed by atoms with van der Waals surface area (Å²) >= 11 is 3.36. The Kier molecular flexibility index (Phi) is 8.77. The normalized spacial score (nSPS) is 16.5. The zero-order valence-electron chi connectivity index (χ0n) is 21.7. The van der Waals surface area contributed by atoms with Crippen molar-refractivity contribution < 1.29 is 14.3 Å². The molecule has 1 atom stereocenters. The van der Waals surface area contributed by atoms with E-state index in [4.69, 9.17) is 10.5 Å². The van der Waals surface area contributed by atoms with Crippen molar-refractivity contribution in [2.45, 2.75) is 78.1 Å². The number of likely N-dealkylation sites (tertiary alicyclic amines) is 1. The Bertz CT molecular complexity index is 1050. The Labute approximate surface area is 217 Å². The third-order valence-corrected chi connectivity index (χ3v) is 8.33. The summed E-state index contributed by atoms with van der Waals surface area (Å²) in [5, 5.41) is 3.00. The van der Waals surface area contributed by atoms with Crippen LogP contribution in [-0.4, -0.2) is 71.1 Å². The molecule has 0 spiro atoms. The predicted octanol–water partition coefficient (Wildman–Crippen LogP) is 3.60. The Hall–Kier alpha value is -1.82. The van der Waals surface area contributed by atoms with Crippen LogP contribution < -0.4 is 11.1 Å². The molecule has 9 nitrogen and oxygen atoms in total. The number of nitrogens with zero attached hydrogens (tertiary/aromatic N) is 4. The minimum Gasteiger partial charge on any atom is -0.361 e. The summed E-state index contributed by atoms with van der Waals surface area (Å²) in [5.74, 6) is -0.436. The van der Waals surface area contributed by atoms with Gasteiger partial charge in [0, 0.05) is 40.0 Å². The van der Waals surface area contributed by atoms with E-state index >= 15 is 0 Å². The van der Waals surface area contributed by atoms with Crippen molar-refractivity contribution in [2.24, 2.45) is 11.1 Å². The van der Waals surface area contributed by atoms with Crippen molar-refractivity contribution in [1.82, 2.24) is 24.8 Å². The van der Waals surface area contributed by atoms with Gasteiger partial charge in [-0.15, -0.1) is 0 Å². The number of hydrogen-bond donors (Lipinski definition) is 2. The molecule has 0 aromatic carbocycles. The molecule has 0 bridgehead atoms. The number of rotatable bonds is 8. The lowest BCUT2D eigenvalue weighted by atomic mass is 9.85. The van der Waals surface area contributed by atoms with Gasteiger partial charge in [0.1, 0.15) is 22.9 Å². The molecule has 3 N–H and O–H groups in total. The van der Waals surface area contributed by atoms with E-state index < -0.39 is 19.5 Å². The van der Waals surface area contributed by atoms with Crippen molar-refractivity contribution in [1.29, 1.82) is 0 Å². The molecule has 3 heterocycles. The summed E-state index contributed by atoms with van der Waals surface area (Å²) in [5.41, 5.74) is 6.94. The highest BCUT2D eigenvalue weighted by Gasteiger charge is 2.37. The second-order valence-electron chi connectivity index (χ2n) is 11.7. The van der Waals surface area contributed by atoms with Crippen molar-refractivity contribution >= 4 is 47.0 Å². The number of amides is 2. The largest absolute Gasteiger partial charge is 0.361 e. The van der Waals surface area contributed by atoms with Gasteiger partial charge in [0.2, 0.25) is 5.91 Å². The number of piperidine rings is 1. The minimum absolute atomic E-state index is 0.0802. The van der Waals surface area contributed by atoms with Crippen molar-refractivity contribution in [3.8, 4) is 0 Å². The van der Waals surface area contributed by atoms with E-state index in [1.807, 2.05) is 25.7 Å². The average Bonchev–Trinajstić information content (AvgIpc) is 3.11. The van der Waals surface area contributed by atoms with E-state index in [0.29, 0.717) is 41.0 Å². The number of carbonyl (C=O) groups is 2. The molecule has 1 saturated heterocycles. The third-order valence-electron chi connectivity index (χ3n) is 6.25. The van der Waals surface area contributed by atoms with Gasteiger partial charge in [-0.25, -0.2) is 9.97 Å². The molecule has 0 aliphatic carbocycles. The van der Waals surface area contributed by atoms with Gasteiger partial charge in [-0.2, -0.15) is 0 Å². The second kappa shape index (κ2) is 11.1. The van der Waals surface area contributed by atoms with E-state index in [-0.39, 0.29) is 24.6 Å². The first-order valence-electron chi connectivity index (χ1n) is 12.2. The van der Waals surface area contributed by atoms with Gasteiger partial charge < -0.3 is 25.3 Å². The van der Waals surface area contributed by atoms with E-state index in [0.717, 1.165) is 18.9 Å². The van der Waals surface area contributed by atoms with Gasteiger partial charge in [0.25, 0.3) is 5.91 Å². The number of carbonyl (C=O) groups excluding carboxylic acids is 2. The molecule has 2 aromatic rings. The lowest BCUT2D eigenvalue weighted by Crippen LogP contribution is -2.56. The monoisotopic (exact) mass is 566 g/mol. The van der Waals surface area contributed by atoms with Crippen LogP contribution in [0.15, 0.2) is 17.0 Å². The highest BCUT2D eigenvalue weighted by Crippen LogP contribution is 2.25. The zero-order valence-corrected chi connectivity index (χ0v) is 24.3. The number of nitrogens with two attached hydrogens (primary N) is 1. The van der Waals surface area contributed by atoms with Crippen molar-refractivity contribution in [2.75, 3.05) is 19.7 Å². The zero-order chi connectivity index (χ0) is 26.0. The van der Waals surface area contributed by atoms with Crippen LogP contribution in [0, 0.1) is 5.41 Å². The fourth-order valence-electron chi connectivity index (χ4n) is 4.00. The number of fused-ring (bicyclic) bond motifs is 1. The first-order valence-corrected chi connectivity index (χ1v) is 16.7. The maximum Gasteiger partial charge on any atom is 0.255 e. The molecule has 1 aliphatic rings. The summed E-state index contributed by atoms with van der Waals surface area (Å²) in [6.07, 6.45) is 4.85. The fraction of sp³-hybridized carbons (Fsp3) is 0.667. The van der Waals surface area contributed by atoms with E-state index in [1.165, 1.54) is 0 Å². The summed E-state index contributed by atoms with van der Waals surface area (Å²) in [7, 11) is -1.21. The predicted molar refractivity (Wildman–Crippen MR) is 144 cm³/mol. The van der Waals surface area contributed by atoms with Crippen LogP contribution in [0.5, 0.6) is 0 Å². The quantitative estimate of drug-likeness (QED) is 0.372. The molecule has 11 heteroatoms. The molecule has 1 fully saturated rings. The van der Waals surface area contributed by atoms with E-state index in [9.17, 15) is 9.59 Å². The van der Waals surface area contributed by atoms with Crippen LogP contribution >= 0.6 is 15.9 Å². The van der Waals surface area contributed by atoms with Gasteiger partial charge in [-0.05, 0) is 40.2 Å². The topological polar surface area (TPSA) is 115 Å². The lowest BCUT2D eigenvalue weighted by Gasteiger charge is -2.37. The molecule has 0 unspecified atom stereocenters. The summed E-state index contributed by atoms with van der Waals surface area (Å²) in [4.78, 5) is 37.7. The summed E-state index contributed by atoms with van der Waals surface area (Å²) < 4.78 is 8.24. The van der Waals surface area contributed by atoms with Crippen molar-refractivity contribution in [3.63, 3.8) is 0 Å².